The number of anilines is 1. The highest BCUT2D eigenvalue weighted by molar-refractivity contribution is 5.65. The van der Waals surface area contributed by atoms with Crippen molar-refractivity contribution in [2.75, 3.05) is 12.4 Å². The first-order valence-corrected chi connectivity index (χ1v) is 7.71. The standard InChI is InChI=1S/C16H24N2O3/c1-3-12-6-4-8-14(10-12)21-11-13-7-5-9-15(18(19)20)16(13)17-2/h5,7,9,12,14,17H,3-4,6,8,10-11H2,1-2H3. The number of hydrogen-bond donors (Lipinski definition) is 1. The van der Waals surface area contributed by atoms with Crippen LogP contribution in [0.15, 0.2) is 18.2 Å². The van der Waals surface area contributed by atoms with Crippen LogP contribution in [-0.4, -0.2) is 18.1 Å². The van der Waals surface area contributed by atoms with Gasteiger partial charge in [0, 0.05) is 18.7 Å². The van der Waals surface area contributed by atoms with Crippen molar-refractivity contribution < 1.29 is 9.66 Å². The van der Waals surface area contributed by atoms with Crippen LogP contribution in [0.4, 0.5) is 11.4 Å². The molecule has 5 heteroatoms. The zero-order valence-electron chi connectivity index (χ0n) is 12.8. The van der Waals surface area contributed by atoms with Gasteiger partial charge in [-0.1, -0.05) is 38.3 Å². The van der Waals surface area contributed by atoms with E-state index < -0.39 is 0 Å². The second-order valence-electron chi connectivity index (χ2n) is 5.69. The maximum Gasteiger partial charge on any atom is 0.292 e. The molecule has 2 rings (SSSR count). The number of rotatable bonds is 6. The Morgan fingerprint density at radius 3 is 2.90 bits per heavy atom. The van der Waals surface area contributed by atoms with Gasteiger partial charge in [0.2, 0.25) is 0 Å². The summed E-state index contributed by atoms with van der Waals surface area (Å²) in [6.07, 6.45) is 6.22. The molecule has 116 valence electrons. The smallest absolute Gasteiger partial charge is 0.292 e. The van der Waals surface area contributed by atoms with Crippen LogP contribution in [-0.2, 0) is 11.3 Å². The zero-order chi connectivity index (χ0) is 15.2. The lowest BCUT2D eigenvalue weighted by Crippen LogP contribution is -2.22. The summed E-state index contributed by atoms with van der Waals surface area (Å²) in [6, 6.07) is 5.12. The lowest BCUT2D eigenvalue weighted by molar-refractivity contribution is -0.384. The highest BCUT2D eigenvalue weighted by Gasteiger charge is 2.22. The molecule has 0 saturated heterocycles. The van der Waals surface area contributed by atoms with E-state index in [1.807, 2.05) is 6.07 Å². The molecule has 5 nitrogen and oxygen atoms in total. The lowest BCUT2D eigenvalue weighted by Gasteiger charge is -2.28. The molecule has 1 N–H and O–H groups in total. The van der Waals surface area contributed by atoms with Gasteiger partial charge in [0.25, 0.3) is 5.69 Å². The number of hydrogen-bond acceptors (Lipinski definition) is 4. The summed E-state index contributed by atoms with van der Waals surface area (Å²) >= 11 is 0. The van der Waals surface area contributed by atoms with Gasteiger partial charge in [0.1, 0.15) is 5.69 Å². The molecule has 0 bridgehead atoms. The molecule has 1 saturated carbocycles. The number of ether oxygens (including phenoxy) is 1. The molecule has 0 aromatic heterocycles. The van der Waals surface area contributed by atoms with Crippen molar-refractivity contribution in [1.29, 1.82) is 0 Å². The molecule has 1 aliphatic carbocycles. The van der Waals surface area contributed by atoms with Crippen molar-refractivity contribution in [2.45, 2.75) is 51.7 Å². The van der Waals surface area contributed by atoms with Crippen LogP contribution in [0.1, 0.15) is 44.6 Å². The van der Waals surface area contributed by atoms with Gasteiger partial charge in [-0.3, -0.25) is 10.1 Å². The van der Waals surface area contributed by atoms with Crippen LogP contribution >= 0.6 is 0 Å². The topological polar surface area (TPSA) is 64.4 Å². The number of benzene rings is 1. The first kappa shape index (κ1) is 15.8. The Kier molecular flexibility index (Phi) is 5.56. The van der Waals surface area contributed by atoms with Gasteiger partial charge in [-0.25, -0.2) is 0 Å². The number of nitro groups is 1. The molecule has 1 aromatic rings. The fourth-order valence-electron chi connectivity index (χ4n) is 3.12. The Hall–Kier alpha value is -1.62. The van der Waals surface area contributed by atoms with Crippen LogP contribution in [0.25, 0.3) is 0 Å². The van der Waals surface area contributed by atoms with Crippen LogP contribution in [0.3, 0.4) is 0 Å². The van der Waals surface area contributed by atoms with Crippen molar-refractivity contribution in [3.05, 3.63) is 33.9 Å². The third kappa shape index (κ3) is 3.94. The monoisotopic (exact) mass is 292 g/mol. The van der Waals surface area contributed by atoms with E-state index in [1.165, 1.54) is 25.3 Å². The van der Waals surface area contributed by atoms with E-state index in [1.54, 1.807) is 13.1 Å². The molecule has 0 radical (unpaired) electrons. The molecule has 21 heavy (non-hydrogen) atoms. The first-order chi connectivity index (χ1) is 10.2. The number of nitrogens with zero attached hydrogens (tertiary/aromatic N) is 1. The Labute approximate surface area is 125 Å². The highest BCUT2D eigenvalue weighted by Crippen LogP contribution is 2.31. The third-order valence-electron chi connectivity index (χ3n) is 4.36. The molecule has 0 heterocycles. The molecule has 1 aliphatic rings. The molecule has 0 amide bonds. The van der Waals surface area contributed by atoms with Gasteiger partial charge in [0.05, 0.1) is 17.6 Å². The summed E-state index contributed by atoms with van der Waals surface area (Å²) in [5.74, 6) is 0.762. The summed E-state index contributed by atoms with van der Waals surface area (Å²) in [4.78, 5) is 10.7. The molecular weight excluding hydrogens is 268 g/mol. The van der Waals surface area contributed by atoms with E-state index in [0.717, 1.165) is 24.3 Å². The van der Waals surface area contributed by atoms with Crippen LogP contribution in [0, 0.1) is 16.0 Å². The summed E-state index contributed by atoms with van der Waals surface area (Å²) < 4.78 is 6.02. The Morgan fingerprint density at radius 1 is 1.43 bits per heavy atom. The van der Waals surface area contributed by atoms with Gasteiger partial charge in [0.15, 0.2) is 0 Å². The minimum atomic E-state index is -0.358. The van der Waals surface area contributed by atoms with E-state index in [2.05, 4.69) is 12.2 Å². The minimum Gasteiger partial charge on any atom is -0.382 e. The van der Waals surface area contributed by atoms with Crippen molar-refractivity contribution in [2.24, 2.45) is 5.92 Å². The molecule has 0 spiro atoms. The van der Waals surface area contributed by atoms with Gasteiger partial charge < -0.3 is 10.1 Å². The summed E-state index contributed by atoms with van der Waals surface area (Å²) in [5.41, 5.74) is 1.52. The maximum atomic E-state index is 11.0. The van der Waals surface area contributed by atoms with Crippen LogP contribution in [0.5, 0.6) is 0 Å². The third-order valence-corrected chi connectivity index (χ3v) is 4.36. The number of nitro benzene ring substituents is 1. The Morgan fingerprint density at radius 2 is 2.24 bits per heavy atom. The van der Waals surface area contributed by atoms with Crippen LogP contribution in [0.2, 0.25) is 0 Å². The molecule has 2 unspecified atom stereocenters. The highest BCUT2D eigenvalue weighted by atomic mass is 16.6. The van der Waals surface area contributed by atoms with Crippen molar-refractivity contribution in [3.8, 4) is 0 Å². The summed E-state index contributed by atoms with van der Waals surface area (Å²) in [6.45, 7) is 2.66. The largest absolute Gasteiger partial charge is 0.382 e. The second-order valence-corrected chi connectivity index (χ2v) is 5.69. The van der Waals surface area contributed by atoms with Gasteiger partial charge in [-0.05, 0) is 18.8 Å². The van der Waals surface area contributed by atoms with Crippen molar-refractivity contribution in [3.63, 3.8) is 0 Å². The average Bonchev–Trinajstić information content (AvgIpc) is 2.52. The Balaban J connectivity index is 2.03. The first-order valence-electron chi connectivity index (χ1n) is 7.71. The minimum absolute atomic E-state index is 0.105. The Bertz CT molecular complexity index is 490. The molecular formula is C16H24N2O3. The SMILES string of the molecule is CCC1CCCC(OCc2cccc([N+](=O)[O-])c2NC)C1. The fourth-order valence-corrected chi connectivity index (χ4v) is 3.12. The molecule has 2 atom stereocenters. The van der Waals surface area contributed by atoms with E-state index in [-0.39, 0.29) is 16.7 Å². The van der Waals surface area contributed by atoms with Crippen molar-refractivity contribution in [1.82, 2.24) is 0 Å². The predicted molar refractivity (Wildman–Crippen MR) is 83.5 cm³/mol. The van der Waals surface area contributed by atoms with Crippen LogP contribution < -0.4 is 5.32 Å². The van der Waals surface area contributed by atoms with E-state index >= 15 is 0 Å². The number of para-hydroxylation sites is 1. The van der Waals surface area contributed by atoms with E-state index in [9.17, 15) is 10.1 Å². The van der Waals surface area contributed by atoms with E-state index in [4.69, 9.17) is 4.74 Å². The van der Waals surface area contributed by atoms with Gasteiger partial charge in [-0.2, -0.15) is 0 Å². The molecule has 1 aromatic carbocycles. The summed E-state index contributed by atoms with van der Waals surface area (Å²) in [5, 5.41) is 14.0. The second kappa shape index (κ2) is 7.41. The summed E-state index contributed by atoms with van der Waals surface area (Å²) in [7, 11) is 1.71. The quantitative estimate of drug-likeness (QED) is 0.632. The lowest BCUT2D eigenvalue weighted by atomic mass is 9.85. The maximum absolute atomic E-state index is 11.0. The number of nitrogens with one attached hydrogen (secondary N) is 1. The normalized spacial score (nSPS) is 22.0. The molecule has 0 aliphatic heterocycles. The molecule has 1 fully saturated rings. The van der Waals surface area contributed by atoms with Gasteiger partial charge >= 0.3 is 0 Å². The van der Waals surface area contributed by atoms with Gasteiger partial charge in [-0.15, -0.1) is 0 Å². The van der Waals surface area contributed by atoms with E-state index in [0.29, 0.717) is 12.3 Å². The fraction of sp³-hybridized carbons (Fsp3) is 0.625. The van der Waals surface area contributed by atoms with Crippen molar-refractivity contribution >= 4 is 11.4 Å². The zero-order valence-corrected chi connectivity index (χ0v) is 12.8. The average molecular weight is 292 g/mol. The predicted octanol–water partition coefficient (Wildman–Crippen LogP) is 4.12.